The van der Waals surface area contributed by atoms with Gasteiger partial charge in [0.15, 0.2) is 0 Å². The average molecular weight is 470 g/mol. The number of H-pyrrole nitrogens is 1. The second-order valence-electron chi connectivity index (χ2n) is 8.18. The summed E-state index contributed by atoms with van der Waals surface area (Å²) in [5.74, 6) is -0.554. The fourth-order valence-electron chi connectivity index (χ4n) is 4.19. The van der Waals surface area contributed by atoms with Gasteiger partial charge in [-0.3, -0.25) is 9.58 Å². The van der Waals surface area contributed by atoms with Gasteiger partial charge in [0.2, 0.25) is 10.0 Å². The first kappa shape index (κ1) is 21.7. The summed E-state index contributed by atoms with van der Waals surface area (Å²) in [5, 5.41) is 5.47. The molecule has 1 unspecified atom stereocenters. The molecular formula is C22H24FN7O2S. The van der Waals surface area contributed by atoms with Gasteiger partial charge in [-0.05, 0) is 31.2 Å². The quantitative estimate of drug-likeness (QED) is 0.466. The zero-order valence-electron chi connectivity index (χ0n) is 18.1. The predicted octanol–water partition coefficient (Wildman–Crippen LogP) is 2.53. The van der Waals surface area contributed by atoms with Crippen molar-refractivity contribution in [2.24, 2.45) is 0 Å². The number of piperazine rings is 1. The van der Waals surface area contributed by atoms with Crippen LogP contribution in [0.25, 0.3) is 22.3 Å². The van der Waals surface area contributed by atoms with E-state index in [1.54, 1.807) is 6.20 Å². The van der Waals surface area contributed by atoms with Gasteiger partial charge in [-0.2, -0.15) is 9.40 Å². The van der Waals surface area contributed by atoms with Crippen LogP contribution < -0.4 is 0 Å². The molecule has 0 bridgehead atoms. The van der Waals surface area contributed by atoms with E-state index in [0.29, 0.717) is 26.2 Å². The molecule has 5 rings (SSSR count). The number of nitrogens with zero attached hydrogens (tertiary/aromatic N) is 6. The average Bonchev–Trinajstić information content (AvgIpc) is 3.49. The Kier molecular flexibility index (Phi) is 5.69. The standard InChI is InChI=1S/C22H24FN7O2S/c1-16(30-14-17(12-27-30)21-20-5-6-24-22(20)26-15-25-21)13-28-7-9-29(10-8-28)33(31,32)19-4-2-3-18(23)11-19/h2-6,11-12,14-16H,7-10,13H2,1H3,(H,24,25,26). The first-order valence-corrected chi connectivity index (χ1v) is 12.2. The van der Waals surface area contributed by atoms with E-state index in [9.17, 15) is 12.8 Å². The summed E-state index contributed by atoms with van der Waals surface area (Å²) in [7, 11) is -3.69. The normalized spacial score (nSPS) is 16.9. The second-order valence-corrected chi connectivity index (χ2v) is 10.1. The van der Waals surface area contributed by atoms with Gasteiger partial charge in [0.25, 0.3) is 0 Å². The first-order valence-electron chi connectivity index (χ1n) is 10.7. The molecule has 1 aliphatic rings. The van der Waals surface area contributed by atoms with Gasteiger partial charge in [0.05, 0.1) is 22.8 Å². The molecule has 0 amide bonds. The third-order valence-electron chi connectivity index (χ3n) is 5.97. The Bertz CT molecular complexity index is 1380. The molecule has 1 fully saturated rings. The number of aromatic nitrogens is 5. The number of halogens is 1. The van der Waals surface area contributed by atoms with Crippen molar-refractivity contribution >= 4 is 21.1 Å². The van der Waals surface area contributed by atoms with Crippen LogP contribution >= 0.6 is 0 Å². The number of nitrogens with one attached hydrogen (secondary N) is 1. The van der Waals surface area contributed by atoms with E-state index in [4.69, 9.17) is 0 Å². The molecule has 0 radical (unpaired) electrons. The molecule has 0 saturated carbocycles. The smallest absolute Gasteiger partial charge is 0.243 e. The van der Waals surface area contributed by atoms with Crippen LogP contribution in [-0.4, -0.2) is 75.1 Å². The number of hydrogen-bond acceptors (Lipinski definition) is 6. The van der Waals surface area contributed by atoms with Gasteiger partial charge >= 0.3 is 0 Å². The van der Waals surface area contributed by atoms with Gasteiger partial charge in [-0.1, -0.05) is 6.07 Å². The Hall–Kier alpha value is -3.15. The second kappa shape index (κ2) is 8.65. The molecular weight excluding hydrogens is 445 g/mol. The molecule has 0 spiro atoms. The van der Waals surface area contributed by atoms with Crippen LogP contribution in [0.2, 0.25) is 0 Å². The minimum atomic E-state index is -3.69. The van der Waals surface area contributed by atoms with Gasteiger partial charge in [0.1, 0.15) is 17.8 Å². The number of sulfonamides is 1. The minimum absolute atomic E-state index is 0.00496. The molecule has 11 heteroatoms. The van der Waals surface area contributed by atoms with Crippen molar-refractivity contribution < 1.29 is 12.8 Å². The highest BCUT2D eigenvalue weighted by atomic mass is 32.2. The summed E-state index contributed by atoms with van der Waals surface area (Å²) in [6.07, 6.45) is 7.15. The predicted molar refractivity (Wildman–Crippen MR) is 121 cm³/mol. The molecule has 0 aliphatic carbocycles. The maximum Gasteiger partial charge on any atom is 0.243 e. The van der Waals surface area contributed by atoms with Crippen molar-refractivity contribution in [3.8, 4) is 11.3 Å². The van der Waals surface area contributed by atoms with E-state index in [-0.39, 0.29) is 10.9 Å². The largest absolute Gasteiger partial charge is 0.346 e. The van der Waals surface area contributed by atoms with Gasteiger partial charge in [-0.25, -0.2) is 22.8 Å². The maximum absolute atomic E-state index is 13.5. The molecule has 1 saturated heterocycles. The molecule has 1 atom stereocenters. The molecule has 3 aromatic heterocycles. The Labute approximate surface area is 190 Å². The van der Waals surface area contributed by atoms with Crippen molar-refractivity contribution in [1.29, 1.82) is 0 Å². The highest BCUT2D eigenvalue weighted by Gasteiger charge is 2.29. The van der Waals surface area contributed by atoms with Crippen molar-refractivity contribution in [2.45, 2.75) is 17.9 Å². The van der Waals surface area contributed by atoms with Crippen molar-refractivity contribution in [3.05, 3.63) is 61.1 Å². The van der Waals surface area contributed by atoms with E-state index in [0.717, 1.165) is 34.9 Å². The molecule has 172 valence electrons. The van der Waals surface area contributed by atoms with Crippen LogP contribution in [0.15, 0.2) is 60.1 Å². The molecule has 9 nitrogen and oxygen atoms in total. The van der Waals surface area contributed by atoms with Crippen molar-refractivity contribution in [3.63, 3.8) is 0 Å². The Morgan fingerprint density at radius 3 is 2.76 bits per heavy atom. The molecule has 4 aromatic rings. The molecule has 4 heterocycles. The molecule has 33 heavy (non-hydrogen) atoms. The lowest BCUT2D eigenvalue weighted by molar-refractivity contribution is 0.166. The Balaban J connectivity index is 1.22. The van der Waals surface area contributed by atoms with Crippen LogP contribution in [0.4, 0.5) is 4.39 Å². The van der Waals surface area contributed by atoms with Crippen molar-refractivity contribution in [1.82, 2.24) is 33.9 Å². The van der Waals surface area contributed by atoms with Crippen LogP contribution in [0.1, 0.15) is 13.0 Å². The fourth-order valence-corrected chi connectivity index (χ4v) is 5.64. The number of benzene rings is 1. The highest BCUT2D eigenvalue weighted by molar-refractivity contribution is 7.89. The zero-order valence-corrected chi connectivity index (χ0v) is 18.9. The number of hydrogen-bond donors (Lipinski definition) is 1. The van der Waals surface area contributed by atoms with Gasteiger partial charge in [0, 0.05) is 56.1 Å². The zero-order chi connectivity index (χ0) is 23.0. The topological polar surface area (TPSA) is 100 Å². The number of aromatic amines is 1. The van der Waals surface area contributed by atoms with Gasteiger partial charge < -0.3 is 4.98 Å². The SMILES string of the molecule is CC(CN1CCN(S(=O)(=O)c2cccc(F)c2)CC1)n1cc(-c2ncnc3[nH]ccc23)cn1. The lowest BCUT2D eigenvalue weighted by atomic mass is 10.2. The summed E-state index contributed by atoms with van der Waals surface area (Å²) >= 11 is 0. The van der Waals surface area contributed by atoms with Gasteiger partial charge in [-0.15, -0.1) is 0 Å². The summed E-state index contributed by atoms with van der Waals surface area (Å²) < 4.78 is 42.5. The van der Waals surface area contributed by atoms with Crippen LogP contribution in [0, 0.1) is 5.82 Å². The Morgan fingerprint density at radius 1 is 1.15 bits per heavy atom. The number of fused-ring (bicyclic) bond motifs is 1. The highest BCUT2D eigenvalue weighted by Crippen LogP contribution is 2.25. The van der Waals surface area contributed by atoms with Crippen LogP contribution in [-0.2, 0) is 10.0 Å². The lowest BCUT2D eigenvalue weighted by Gasteiger charge is -2.35. The van der Waals surface area contributed by atoms with E-state index < -0.39 is 15.8 Å². The minimum Gasteiger partial charge on any atom is -0.346 e. The molecule has 1 aromatic carbocycles. The fraction of sp³-hybridized carbons (Fsp3) is 0.318. The van der Waals surface area contributed by atoms with Crippen molar-refractivity contribution in [2.75, 3.05) is 32.7 Å². The number of rotatable bonds is 6. The lowest BCUT2D eigenvalue weighted by Crippen LogP contribution is -2.49. The summed E-state index contributed by atoms with van der Waals surface area (Å²) in [4.78, 5) is 14.0. The van der Waals surface area contributed by atoms with E-state index in [1.165, 1.54) is 28.8 Å². The van der Waals surface area contributed by atoms with E-state index >= 15 is 0 Å². The molecule has 1 N–H and O–H groups in total. The summed E-state index contributed by atoms with van der Waals surface area (Å²) in [5.41, 5.74) is 2.53. The molecule has 1 aliphatic heterocycles. The third kappa shape index (κ3) is 4.26. The van der Waals surface area contributed by atoms with Crippen LogP contribution in [0.5, 0.6) is 0 Å². The third-order valence-corrected chi connectivity index (χ3v) is 7.86. The first-order chi connectivity index (χ1) is 15.9. The monoisotopic (exact) mass is 469 g/mol. The van der Waals surface area contributed by atoms with E-state index in [2.05, 4.69) is 31.9 Å². The van der Waals surface area contributed by atoms with E-state index in [1.807, 2.05) is 23.1 Å². The summed E-state index contributed by atoms with van der Waals surface area (Å²) in [6.45, 7) is 4.74. The Morgan fingerprint density at radius 2 is 1.97 bits per heavy atom. The summed E-state index contributed by atoms with van der Waals surface area (Å²) in [6, 6.07) is 7.20. The van der Waals surface area contributed by atoms with Crippen LogP contribution in [0.3, 0.4) is 0 Å². The maximum atomic E-state index is 13.5.